The molecule has 0 aliphatic carbocycles. The zero-order valence-corrected chi connectivity index (χ0v) is 13.2. The molecule has 0 saturated heterocycles. The molecule has 0 bridgehead atoms. The lowest BCUT2D eigenvalue weighted by atomic mass is 10.1. The van der Waals surface area contributed by atoms with Crippen molar-refractivity contribution in [3.05, 3.63) is 76.1 Å². The van der Waals surface area contributed by atoms with Crippen LogP contribution in [0.2, 0.25) is 0 Å². The zero-order valence-electron chi connectivity index (χ0n) is 13.2. The van der Waals surface area contributed by atoms with Crippen molar-refractivity contribution >= 4 is 16.9 Å². The molecule has 5 nitrogen and oxygen atoms in total. The Bertz CT molecular complexity index is 916. The molecule has 0 saturated carbocycles. The van der Waals surface area contributed by atoms with Gasteiger partial charge in [-0.05, 0) is 11.6 Å². The van der Waals surface area contributed by atoms with E-state index in [0.717, 1.165) is 5.56 Å². The summed E-state index contributed by atoms with van der Waals surface area (Å²) in [7, 11) is 1.53. The van der Waals surface area contributed by atoms with Crippen LogP contribution in [0.25, 0.3) is 10.9 Å². The van der Waals surface area contributed by atoms with Crippen molar-refractivity contribution in [2.75, 3.05) is 7.11 Å². The molecule has 1 aromatic heterocycles. The molecule has 0 aliphatic heterocycles. The third-order valence-electron chi connectivity index (χ3n) is 3.74. The Morgan fingerprint density at radius 1 is 1.12 bits per heavy atom. The highest BCUT2D eigenvalue weighted by molar-refractivity contribution is 5.83. The Morgan fingerprint density at radius 3 is 2.67 bits per heavy atom. The monoisotopic (exact) mass is 323 g/mol. The smallest absolute Gasteiger partial charge is 0.310 e. The predicted octanol–water partition coefficient (Wildman–Crippen LogP) is 2.82. The summed E-state index contributed by atoms with van der Waals surface area (Å²) in [4.78, 5) is 27.1. The van der Waals surface area contributed by atoms with E-state index in [-0.39, 0.29) is 24.4 Å². The first-order valence-electron chi connectivity index (χ1n) is 7.55. The van der Waals surface area contributed by atoms with Crippen molar-refractivity contribution in [2.45, 2.75) is 13.0 Å². The molecular formula is C19H17NO4. The van der Waals surface area contributed by atoms with E-state index < -0.39 is 0 Å². The van der Waals surface area contributed by atoms with Crippen LogP contribution in [-0.4, -0.2) is 18.1 Å². The fraction of sp³-hybridized carbons (Fsp3) is 0.158. The lowest BCUT2D eigenvalue weighted by molar-refractivity contribution is -0.144. The van der Waals surface area contributed by atoms with E-state index >= 15 is 0 Å². The Kier molecular flexibility index (Phi) is 4.61. The first-order chi connectivity index (χ1) is 11.7. The van der Waals surface area contributed by atoms with Crippen LogP contribution in [-0.2, 0) is 22.6 Å². The molecule has 3 aromatic rings. The van der Waals surface area contributed by atoms with Crippen LogP contribution in [0.5, 0.6) is 5.75 Å². The molecule has 0 spiro atoms. The number of esters is 1. The molecule has 0 atom stereocenters. The Balaban J connectivity index is 1.79. The fourth-order valence-corrected chi connectivity index (χ4v) is 2.52. The minimum Gasteiger partial charge on any atom is -0.496 e. The molecule has 0 unspecified atom stereocenters. The molecule has 3 rings (SSSR count). The minimum atomic E-state index is -0.371. The number of hydrogen-bond donors (Lipinski definition) is 1. The van der Waals surface area contributed by atoms with Gasteiger partial charge >= 0.3 is 5.97 Å². The topological polar surface area (TPSA) is 68.4 Å². The number of carbonyl (C=O) groups is 1. The van der Waals surface area contributed by atoms with Gasteiger partial charge in [0.15, 0.2) is 5.43 Å². The average molecular weight is 323 g/mol. The number of benzene rings is 2. The van der Waals surface area contributed by atoms with Crippen LogP contribution < -0.4 is 10.2 Å². The standard InChI is InChI=1S/C19H17NO4/c1-23-18-11-16-15(17(21)7-8-20-16)9-14(18)10-19(22)24-12-13-5-3-2-4-6-13/h2-9,11H,10,12H2,1H3,(H,20,21). The van der Waals surface area contributed by atoms with Crippen LogP contribution >= 0.6 is 0 Å². The number of carbonyl (C=O) groups excluding carboxylic acids is 1. The first kappa shape index (κ1) is 15.8. The number of ether oxygens (including phenoxy) is 2. The Morgan fingerprint density at radius 2 is 1.92 bits per heavy atom. The number of aromatic nitrogens is 1. The van der Waals surface area contributed by atoms with Crippen molar-refractivity contribution in [3.63, 3.8) is 0 Å². The van der Waals surface area contributed by atoms with Crippen LogP contribution in [0.15, 0.2) is 59.5 Å². The van der Waals surface area contributed by atoms with Crippen LogP contribution in [0.3, 0.4) is 0 Å². The fourth-order valence-electron chi connectivity index (χ4n) is 2.52. The largest absolute Gasteiger partial charge is 0.496 e. The second-order valence-corrected chi connectivity index (χ2v) is 5.37. The van der Waals surface area contributed by atoms with Gasteiger partial charge in [0.25, 0.3) is 0 Å². The van der Waals surface area contributed by atoms with Gasteiger partial charge in [-0.3, -0.25) is 9.59 Å². The van der Waals surface area contributed by atoms with Crippen molar-refractivity contribution in [1.82, 2.24) is 4.98 Å². The van der Waals surface area contributed by atoms with Gasteiger partial charge in [-0.25, -0.2) is 0 Å². The maximum Gasteiger partial charge on any atom is 0.310 e. The number of H-pyrrole nitrogens is 1. The van der Waals surface area contributed by atoms with Crippen molar-refractivity contribution < 1.29 is 14.3 Å². The highest BCUT2D eigenvalue weighted by Gasteiger charge is 2.13. The Hall–Kier alpha value is -3.08. The highest BCUT2D eigenvalue weighted by Crippen LogP contribution is 2.24. The van der Waals surface area contributed by atoms with Gasteiger partial charge < -0.3 is 14.5 Å². The molecule has 1 heterocycles. The van der Waals surface area contributed by atoms with Crippen LogP contribution in [0.1, 0.15) is 11.1 Å². The maximum atomic E-state index is 12.1. The molecular weight excluding hydrogens is 306 g/mol. The average Bonchev–Trinajstić information content (AvgIpc) is 2.61. The number of rotatable bonds is 5. The lowest BCUT2D eigenvalue weighted by Crippen LogP contribution is -2.10. The van der Waals surface area contributed by atoms with E-state index in [1.165, 1.54) is 13.2 Å². The van der Waals surface area contributed by atoms with E-state index in [4.69, 9.17) is 9.47 Å². The van der Waals surface area contributed by atoms with E-state index in [9.17, 15) is 9.59 Å². The molecule has 5 heteroatoms. The molecule has 24 heavy (non-hydrogen) atoms. The molecule has 0 fully saturated rings. The molecule has 1 N–H and O–H groups in total. The number of pyridine rings is 1. The van der Waals surface area contributed by atoms with Gasteiger partial charge in [-0.1, -0.05) is 30.3 Å². The van der Waals surface area contributed by atoms with E-state index in [2.05, 4.69) is 4.98 Å². The summed E-state index contributed by atoms with van der Waals surface area (Å²) in [5.41, 5.74) is 2.11. The van der Waals surface area contributed by atoms with Crippen molar-refractivity contribution in [2.24, 2.45) is 0 Å². The summed E-state index contributed by atoms with van der Waals surface area (Å²) in [6.45, 7) is 0.218. The normalized spacial score (nSPS) is 10.5. The van der Waals surface area contributed by atoms with Crippen molar-refractivity contribution in [1.29, 1.82) is 0 Å². The van der Waals surface area contributed by atoms with Gasteiger partial charge in [-0.15, -0.1) is 0 Å². The van der Waals surface area contributed by atoms with E-state index in [1.54, 1.807) is 18.3 Å². The third-order valence-corrected chi connectivity index (χ3v) is 3.74. The minimum absolute atomic E-state index is 0.0419. The van der Waals surface area contributed by atoms with Gasteiger partial charge in [0.1, 0.15) is 12.4 Å². The molecule has 0 amide bonds. The number of nitrogens with one attached hydrogen (secondary N) is 1. The maximum absolute atomic E-state index is 12.1. The summed E-state index contributed by atoms with van der Waals surface area (Å²) >= 11 is 0. The number of aromatic amines is 1. The lowest BCUT2D eigenvalue weighted by Gasteiger charge is -2.10. The van der Waals surface area contributed by atoms with Gasteiger partial charge in [-0.2, -0.15) is 0 Å². The van der Waals surface area contributed by atoms with Crippen LogP contribution in [0, 0.1) is 0 Å². The summed E-state index contributed by atoms with van der Waals surface area (Å²) in [6, 6.07) is 14.3. The highest BCUT2D eigenvalue weighted by atomic mass is 16.5. The van der Waals surface area contributed by atoms with Crippen molar-refractivity contribution in [3.8, 4) is 5.75 Å². The second-order valence-electron chi connectivity index (χ2n) is 5.37. The Labute approximate surface area is 138 Å². The van der Waals surface area contributed by atoms with Gasteiger partial charge in [0.05, 0.1) is 19.0 Å². The summed E-state index contributed by atoms with van der Waals surface area (Å²) in [5, 5.41) is 0.518. The quantitative estimate of drug-likeness (QED) is 0.733. The zero-order chi connectivity index (χ0) is 16.9. The SMILES string of the molecule is COc1cc2[nH]ccc(=O)c2cc1CC(=O)OCc1ccccc1. The molecule has 122 valence electrons. The molecule has 2 aromatic carbocycles. The molecule has 0 radical (unpaired) electrons. The number of fused-ring (bicyclic) bond motifs is 1. The second kappa shape index (κ2) is 7.00. The summed E-state index contributed by atoms with van der Waals surface area (Å²) in [5.74, 6) is 0.171. The number of methoxy groups -OCH3 is 1. The van der Waals surface area contributed by atoms with E-state index in [0.29, 0.717) is 22.2 Å². The first-order valence-corrected chi connectivity index (χ1v) is 7.55. The van der Waals surface area contributed by atoms with Crippen LogP contribution in [0.4, 0.5) is 0 Å². The third kappa shape index (κ3) is 3.46. The predicted molar refractivity (Wildman–Crippen MR) is 91.1 cm³/mol. The van der Waals surface area contributed by atoms with E-state index in [1.807, 2.05) is 30.3 Å². The molecule has 0 aliphatic rings. The van der Waals surface area contributed by atoms with Gasteiger partial charge in [0.2, 0.25) is 0 Å². The number of hydrogen-bond acceptors (Lipinski definition) is 4. The van der Waals surface area contributed by atoms with Gasteiger partial charge in [0, 0.05) is 29.3 Å². The summed E-state index contributed by atoms with van der Waals surface area (Å²) in [6.07, 6.45) is 1.62. The summed E-state index contributed by atoms with van der Waals surface area (Å²) < 4.78 is 10.6.